The van der Waals surface area contributed by atoms with Gasteiger partial charge in [-0.1, -0.05) is 24.1 Å². The van der Waals surface area contributed by atoms with Crippen LogP contribution >= 0.6 is 23.7 Å². The average Bonchev–Trinajstić information content (AvgIpc) is 2.91. The number of amides is 2. The van der Waals surface area contributed by atoms with E-state index in [4.69, 9.17) is 5.73 Å². The van der Waals surface area contributed by atoms with E-state index in [2.05, 4.69) is 17.1 Å². The van der Waals surface area contributed by atoms with E-state index in [9.17, 15) is 9.59 Å². The van der Waals surface area contributed by atoms with Gasteiger partial charge in [0.05, 0.1) is 5.56 Å². The minimum absolute atomic E-state index is 0. The van der Waals surface area contributed by atoms with Crippen molar-refractivity contribution in [1.82, 2.24) is 4.90 Å². The number of hydrogen-bond acceptors (Lipinski definition) is 4. The highest BCUT2D eigenvalue weighted by Gasteiger charge is 2.27. The minimum atomic E-state index is -0.470. The number of rotatable bonds is 5. The molecule has 5 nitrogen and oxygen atoms in total. The molecule has 1 aliphatic heterocycles. The van der Waals surface area contributed by atoms with Crippen LogP contribution in [0.15, 0.2) is 18.2 Å². The number of aryl methyl sites for hydroxylation is 2. The Hall–Kier alpha value is -1.89. The van der Waals surface area contributed by atoms with E-state index in [-0.39, 0.29) is 18.3 Å². The van der Waals surface area contributed by atoms with Gasteiger partial charge in [-0.15, -0.1) is 23.7 Å². The van der Waals surface area contributed by atoms with Crippen LogP contribution in [-0.2, 0) is 13.0 Å². The van der Waals surface area contributed by atoms with Crippen LogP contribution in [0.1, 0.15) is 55.6 Å². The number of nitrogens with one attached hydrogen (secondary N) is 1. The molecule has 0 radical (unpaired) electrons. The smallest absolute Gasteiger partial charge is 0.256 e. The molecule has 7 heteroatoms. The number of carbonyl (C=O) groups excluding carboxylic acids is 2. The van der Waals surface area contributed by atoms with E-state index in [0.717, 1.165) is 54.0 Å². The molecule has 27 heavy (non-hydrogen) atoms. The number of fused-ring (bicyclic) bond motifs is 1. The molecular weight excluding hydrogens is 382 g/mol. The van der Waals surface area contributed by atoms with Gasteiger partial charge in [0.1, 0.15) is 5.00 Å². The van der Waals surface area contributed by atoms with Gasteiger partial charge in [-0.25, -0.2) is 0 Å². The fourth-order valence-corrected chi connectivity index (χ4v) is 4.88. The topological polar surface area (TPSA) is 75.4 Å². The van der Waals surface area contributed by atoms with Crippen LogP contribution in [0.4, 0.5) is 5.00 Å². The number of primary amides is 1. The first-order chi connectivity index (χ1) is 12.4. The lowest BCUT2D eigenvalue weighted by Crippen LogP contribution is -2.31. The summed E-state index contributed by atoms with van der Waals surface area (Å²) in [6, 6.07) is 5.73. The van der Waals surface area contributed by atoms with Gasteiger partial charge in [-0.3, -0.25) is 14.5 Å². The summed E-state index contributed by atoms with van der Waals surface area (Å²) in [5, 5.41) is 3.50. The summed E-state index contributed by atoms with van der Waals surface area (Å²) in [5.74, 6) is -0.675. The Kier molecular flexibility index (Phi) is 7.03. The summed E-state index contributed by atoms with van der Waals surface area (Å²) in [6.07, 6.45) is 1.89. The van der Waals surface area contributed by atoms with Crippen molar-refractivity contribution in [2.45, 2.75) is 40.2 Å². The molecule has 146 valence electrons. The maximum Gasteiger partial charge on any atom is 0.256 e. The quantitative estimate of drug-likeness (QED) is 0.789. The summed E-state index contributed by atoms with van der Waals surface area (Å²) >= 11 is 1.48. The molecule has 0 unspecified atom stereocenters. The van der Waals surface area contributed by atoms with Crippen LogP contribution in [0.3, 0.4) is 0 Å². The second-order valence-corrected chi connectivity index (χ2v) is 8.03. The lowest BCUT2D eigenvalue weighted by molar-refractivity contribution is 0.1000. The van der Waals surface area contributed by atoms with Crippen LogP contribution in [0.25, 0.3) is 0 Å². The van der Waals surface area contributed by atoms with E-state index in [1.54, 1.807) is 0 Å². The number of nitrogens with zero attached hydrogens (tertiary/aromatic N) is 1. The molecule has 0 bridgehead atoms. The predicted molar refractivity (Wildman–Crippen MR) is 113 cm³/mol. The Balaban J connectivity index is 0.00000261. The van der Waals surface area contributed by atoms with Crippen molar-refractivity contribution in [1.29, 1.82) is 0 Å². The summed E-state index contributed by atoms with van der Waals surface area (Å²) < 4.78 is 0. The SMILES string of the molecule is CCCN1CCc2c(sc(NC(=O)c3cc(C)cc(C)c3)c2C(N)=O)C1.Cl. The van der Waals surface area contributed by atoms with Gasteiger partial charge in [0, 0.05) is 23.5 Å². The zero-order valence-corrected chi connectivity index (χ0v) is 17.6. The number of thiophene rings is 1. The molecule has 3 N–H and O–H groups in total. The molecule has 0 fully saturated rings. The second-order valence-electron chi connectivity index (χ2n) is 6.93. The first kappa shape index (κ1) is 21.4. The molecule has 2 heterocycles. The molecule has 1 aliphatic rings. The van der Waals surface area contributed by atoms with E-state index in [0.29, 0.717) is 16.1 Å². The van der Waals surface area contributed by atoms with E-state index < -0.39 is 5.91 Å². The Labute approximate surface area is 170 Å². The highest BCUT2D eigenvalue weighted by atomic mass is 35.5. The first-order valence-electron chi connectivity index (χ1n) is 8.95. The van der Waals surface area contributed by atoms with Crippen molar-refractivity contribution in [3.8, 4) is 0 Å². The second kappa shape index (κ2) is 8.87. The third kappa shape index (κ3) is 4.69. The zero-order valence-electron chi connectivity index (χ0n) is 15.9. The van der Waals surface area contributed by atoms with Crippen molar-refractivity contribution >= 4 is 40.6 Å². The van der Waals surface area contributed by atoms with Crippen molar-refractivity contribution < 1.29 is 9.59 Å². The third-order valence-corrected chi connectivity index (χ3v) is 5.77. The summed E-state index contributed by atoms with van der Waals surface area (Å²) in [7, 11) is 0. The lowest BCUT2D eigenvalue weighted by atomic mass is 10.0. The molecule has 0 saturated carbocycles. The molecule has 0 saturated heterocycles. The third-order valence-electron chi connectivity index (χ3n) is 4.63. The van der Waals surface area contributed by atoms with Gasteiger partial charge in [0.15, 0.2) is 0 Å². The van der Waals surface area contributed by atoms with Crippen LogP contribution in [-0.4, -0.2) is 29.8 Å². The van der Waals surface area contributed by atoms with Crippen LogP contribution < -0.4 is 11.1 Å². The molecule has 2 aromatic rings. The molecule has 0 atom stereocenters. The molecular formula is C20H26ClN3O2S. The number of nitrogens with two attached hydrogens (primary N) is 1. The van der Waals surface area contributed by atoms with Gasteiger partial charge in [-0.2, -0.15) is 0 Å². The Bertz CT molecular complexity index is 843. The average molecular weight is 408 g/mol. The van der Waals surface area contributed by atoms with Gasteiger partial charge < -0.3 is 11.1 Å². The van der Waals surface area contributed by atoms with Gasteiger partial charge in [0.25, 0.3) is 11.8 Å². The molecule has 0 aliphatic carbocycles. The normalized spacial score (nSPS) is 13.6. The molecule has 3 rings (SSSR count). The van der Waals surface area contributed by atoms with Crippen LogP contribution in [0.2, 0.25) is 0 Å². The van der Waals surface area contributed by atoms with Crippen molar-refractivity contribution in [3.63, 3.8) is 0 Å². The van der Waals surface area contributed by atoms with Gasteiger partial charge in [0.2, 0.25) is 0 Å². The minimum Gasteiger partial charge on any atom is -0.365 e. The fraction of sp³-hybridized carbons (Fsp3) is 0.400. The number of carbonyl (C=O) groups is 2. The highest BCUT2D eigenvalue weighted by Crippen LogP contribution is 2.37. The van der Waals surface area contributed by atoms with E-state index in [1.807, 2.05) is 32.0 Å². The Morgan fingerprint density at radius 2 is 1.89 bits per heavy atom. The Morgan fingerprint density at radius 1 is 1.22 bits per heavy atom. The highest BCUT2D eigenvalue weighted by molar-refractivity contribution is 7.17. The summed E-state index contributed by atoms with van der Waals surface area (Å²) in [5.41, 5.74) is 9.79. The number of halogens is 1. The van der Waals surface area contributed by atoms with Crippen molar-refractivity contribution in [3.05, 3.63) is 50.9 Å². The first-order valence-corrected chi connectivity index (χ1v) is 9.77. The van der Waals surface area contributed by atoms with E-state index >= 15 is 0 Å². The Morgan fingerprint density at radius 3 is 2.48 bits per heavy atom. The molecule has 0 spiro atoms. The van der Waals surface area contributed by atoms with E-state index in [1.165, 1.54) is 11.3 Å². The largest absolute Gasteiger partial charge is 0.365 e. The lowest BCUT2D eigenvalue weighted by Gasteiger charge is -2.26. The van der Waals surface area contributed by atoms with Gasteiger partial charge >= 0.3 is 0 Å². The number of benzene rings is 1. The predicted octanol–water partition coefficient (Wildman–Crippen LogP) is 3.91. The fourth-order valence-electron chi connectivity index (χ4n) is 3.59. The van der Waals surface area contributed by atoms with Gasteiger partial charge in [-0.05, 0) is 50.9 Å². The maximum atomic E-state index is 12.7. The summed E-state index contributed by atoms with van der Waals surface area (Å²) in [6.45, 7) is 8.85. The van der Waals surface area contributed by atoms with Crippen molar-refractivity contribution in [2.24, 2.45) is 5.73 Å². The number of hydrogen-bond donors (Lipinski definition) is 2. The van der Waals surface area contributed by atoms with Crippen LogP contribution in [0, 0.1) is 13.8 Å². The molecule has 2 amide bonds. The molecule has 1 aromatic carbocycles. The van der Waals surface area contributed by atoms with Crippen molar-refractivity contribution in [2.75, 3.05) is 18.4 Å². The monoisotopic (exact) mass is 407 g/mol. The number of anilines is 1. The molecule has 1 aromatic heterocycles. The standard InChI is InChI=1S/C20H25N3O2S.ClH/c1-4-6-23-7-5-15-16(11-23)26-20(17(15)18(21)24)22-19(25)14-9-12(2)8-13(3)10-14;/h8-10H,4-7,11H2,1-3H3,(H2,21,24)(H,22,25);1H. The zero-order chi connectivity index (χ0) is 18.8. The maximum absolute atomic E-state index is 12.7. The van der Waals surface area contributed by atoms with Crippen LogP contribution in [0.5, 0.6) is 0 Å². The summed E-state index contributed by atoms with van der Waals surface area (Å²) in [4.78, 5) is 28.3.